The predicted molar refractivity (Wildman–Crippen MR) is 109 cm³/mol. The van der Waals surface area contributed by atoms with Crippen molar-refractivity contribution in [3.63, 3.8) is 0 Å². The number of nitrogens with one attached hydrogen (secondary N) is 1. The number of rotatable bonds is 7. The van der Waals surface area contributed by atoms with E-state index in [9.17, 15) is 0 Å². The third-order valence-electron chi connectivity index (χ3n) is 4.85. The van der Waals surface area contributed by atoms with Gasteiger partial charge in [0.15, 0.2) is 0 Å². The van der Waals surface area contributed by atoms with Gasteiger partial charge in [0.05, 0.1) is 12.1 Å². The van der Waals surface area contributed by atoms with E-state index in [0.717, 1.165) is 54.7 Å². The minimum absolute atomic E-state index is 0.165. The van der Waals surface area contributed by atoms with Crippen molar-refractivity contribution in [3.05, 3.63) is 48.5 Å². The first kappa shape index (κ1) is 18.5. The van der Waals surface area contributed by atoms with E-state index in [2.05, 4.69) is 25.1 Å². The van der Waals surface area contributed by atoms with Crippen molar-refractivity contribution in [1.29, 1.82) is 0 Å². The van der Waals surface area contributed by atoms with Crippen LogP contribution in [0.25, 0.3) is 10.9 Å². The van der Waals surface area contributed by atoms with Crippen molar-refractivity contribution in [1.82, 2.24) is 24.8 Å². The summed E-state index contributed by atoms with van der Waals surface area (Å²) < 4.78 is 0. The third-order valence-corrected chi connectivity index (χ3v) is 4.85. The SMILES string of the molecule is OCCCNc1nc(CN2CCN(c3ncccn3)CC2)nc2ccccc12. The molecule has 0 spiro atoms. The first-order valence-corrected chi connectivity index (χ1v) is 9.68. The fraction of sp³-hybridized carbons (Fsp3) is 0.400. The van der Waals surface area contributed by atoms with Crippen molar-refractivity contribution >= 4 is 22.7 Å². The number of hydrogen-bond acceptors (Lipinski definition) is 8. The molecule has 0 saturated carbocycles. The Morgan fingerprint density at radius 3 is 2.54 bits per heavy atom. The Kier molecular flexibility index (Phi) is 5.89. The van der Waals surface area contributed by atoms with E-state index < -0.39 is 0 Å². The summed E-state index contributed by atoms with van der Waals surface area (Å²) in [5.74, 6) is 2.44. The molecule has 28 heavy (non-hydrogen) atoms. The van der Waals surface area contributed by atoms with Crippen LogP contribution in [0.5, 0.6) is 0 Å². The van der Waals surface area contributed by atoms with Gasteiger partial charge in [-0.2, -0.15) is 0 Å². The molecule has 146 valence electrons. The third kappa shape index (κ3) is 4.35. The lowest BCUT2D eigenvalue weighted by molar-refractivity contribution is 0.243. The Morgan fingerprint density at radius 2 is 1.75 bits per heavy atom. The Morgan fingerprint density at radius 1 is 0.964 bits per heavy atom. The molecule has 8 nitrogen and oxygen atoms in total. The highest BCUT2D eigenvalue weighted by atomic mass is 16.3. The number of aliphatic hydroxyl groups excluding tert-OH is 1. The standard InChI is InChI=1S/C20H25N7O/c28-14-4-9-21-19-16-5-1-2-6-17(16)24-18(25-19)15-26-10-12-27(13-11-26)20-22-7-3-8-23-20/h1-3,5-8,28H,4,9-15H2,(H,21,24,25). The number of anilines is 2. The highest BCUT2D eigenvalue weighted by molar-refractivity contribution is 5.88. The van der Waals surface area contributed by atoms with Crippen LogP contribution in [-0.2, 0) is 6.54 Å². The van der Waals surface area contributed by atoms with E-state index in [0.29, 0.717) is 19.5 Å². The molecule has 4 rings (SSSR count). The summed E-state index contributed by atoms with van der Waals surface area (Å²) in [5.41, 5.74) is 0.940. The molecule has 1 saturated heterocycles. The second-order valence-corrected chi connectivity index (χ2v) is 6.82. The quantitative estimate of drug-likeness (QED) is 0.598. The molecule has 0 radical (unpaired) electrons. The lowest BCUT2D eigenvalue weighted by Gasteiger charge is -2.34. The van der Waals surface area contributed by atoms with Crippen molar-refractivity contribution < 1.29 is 5.11 Å². The van der Waals surface area contributed by atoms with Crippen LogP contribution in [-0.4, -0.2) is 69.3 Å². The Labute approximate surface area is 164 Å². The van der Waals surface area contributed by atoms with Crippen LogP contribution in [0.15, 0.2) is 42.7 Å². The molecular weight excluding hydrogens is 354 g/mol. The Bertz CT molecular complexity index is 897. The molecule has 1 fully saturated rings. The minimum atomic E-state index is 0.165. The second kappa shape index (κ2) is 8.90. The van der Waals surface area contributed by atoms with Crippen LogP contribution in [0, 0.1) is 0 Å². The number of para-hydroxylation sites is 1. The van der Waals surface area contributed by atoms with Gasteiger partial charge in [0.1, 0.15) is 11.6 Å². The van der Waals surface area contributed by atoms with Gasteiger partial charge in [-0.3, -0.25) is 4.90 Å². The Hall–Kier alpha value is -2.84. The lowest BCUT2D eigenvalue weighted by atomic mass is 10.2. The number of piperazine rings is 1. The molecule has 0 unspecified atom stereocenters. The number of aliphatic hydroxyl groups is 1. The van der Waals surface area contributed by atoms with E-state index >= 15 is 0 Å². The molecule has 2 N–H and O–H groups in total. The predicted octanol–water partition coefficient (Wildman–Crippen LogP) is 1.54. The van der Waals surface area contributed by atoms with E-state index in [1.165, 1.54) is 0 Å². The maximum Gasteiger partial charge on any atom is 0.225 e. The van der Waals surface area contributed by atoms with Crippen molar-refractivity contribution in [2.45, 2.75) is 13.0 Å². The lowest BCUT2D eigenvalue weighted by Crippen LogP contribution is -2.46. The first-order valence-electron chi connectivity index (χ1n) is 9.68. The average Bonchev–Trinajstić information content (AvgIpc) is 2.75. The zero-order chi connectivity index (χ0) is 19.2. The van der Waals surface area contributed by atoms with Crippen LogP contribution < -0.4 is 10.2 Å². The summed E-state index contributed by atoms with van der Waals surface area (Å²) in [6.07, 6.45) is 4.25. The average molecular weight is 379 g/mol. The van der Waals surface area contributed by atoms with Crippen molar-refractivity contribution in [3.8, 4) is 0 Å². The fourth-order valence-corrected chi connectivity index (χ4v) is 3.38. The zero-order valence-corrected chi connectivity index (χ0v) is 15.8. The molecule has 3 heterocycles. The Balaban J connectivity index is 1.44. The van der Waals surface area contributed by atoms with Crippen molar-refractivity contribution in [2.24, 2.45) is 0 Å². The largest absolute Gasteiger partial charge is 0.396 e. The second-order valence-electron chi connectivity index (χ2n) is 6.82. The maximum absolute atomic E-state index is 9.04. The number of hydrogen-bond donors (Lipinski definition) is 2. The fourth-order valence-electron chi connectivity index (χ4n) is 3.38. The van der Waals surface area contributed by atoms with Crippen LogP contribution in [0.4, 0.5) is 11.8 Å². The normalized spacial score (nSPS) is 15.1. The van der Waals surface area contributed by atoms with Crippen LogP contribution in [0.3, 0.4) is 0 Å². The van der Waals surface area contributed by atoms with Gasteiger partial charge in [-0.05, 0) is 24.6 Å². The van der Waals surface area contributed by atoms with Gasteiger partial charge < -0.3 is 15.3 Å². The van der Waals surface area contributed by atoms with Gasteiger partial charge in [0.2, 0.25) is 5.95 Å². The minimum Gasteiger partial charge on any atom is -0.396 e. The monoisotopic (exact) mass is 379 g/mol. The summed E-state index contributed by atoms with van der Waals surface area (Å²) in [4.78, 5) is 22.8. The number of benzene rings is 1. The topological polar surface area (TPSA) is 90.3 Å². The highest BCUT2D eigenvalue weighted by Crippen LogP contribution is 2.21. The van der Waals surface area contributed by atoms with Crippen LogP contribution in [0.2, 0.25) is 0 Å². The molecule has 1 aliphatic heterocycles. The molecule has 3 aromatic rings. The molecular formula is C20H25N7O. The van der Waals surface area contributed by atoms with Crippen LogP contribution in [0.1, 0.15) is 12.2 Å². The molecule has 0 amide bonds. The van der Waals surface area contributed by atoms with E-state index in [4.69, 9.17) is 15.1 Å². The summed E-state index contributed by atoms with van der Waals surface area (Å²) in [5, 5.41) is 13.4. The molecule has 0 atom stereocenters. The molecule has 1 aliphatic rings. The van der Waals surface area contributed by atoms with Gasteiger partial charge in [-0.25, -0.2) is 19.9 Å². The van der Waals surface area contributed by atoms with Gasteiger partial charge >= 0.3 is 0 Å². The first-order chi connectivity index (χ1) is 13.8. The van der Waals surface area contributed by atoms with E-state index in [1.807, 2.05) is 30.3 Å². The molecule has 0 aliphatic carbocycles. The van der Waals surface area contributed by atoms with E-state index in [-0.39, 0.29) is 6.61 Å². The highest BCUT2D eigenvalue weighted by Gasteiger charge is 2.20. The van der Waals surface area contributed by atoms with Gasteiger partial charge in [0, 0.05) is 57.1 Å². The van der Waals surface area contributed by atoms with Crippen LogP contribution >= 0.6 is 0 Å². The number of fused-ring (bicyclic) bond motifs is 1. The number of nitrogens with zero attached hydrogens (tertiary/aromatic N) is 6. The zero-order valence-electron chi connectivity index (χ0n) is 15.8. The summed E-state index contributed by atoms with van der Waals surface area (Å²) in [6.45, 7) is 5.18. The summed E-state index contributed by atoms with van der Waals surface area (Å²) in [7, 11) is 0. The molecule has 1 aromatic carbocycles. The maximum atomic E-state index is 9.04. The molecule has 0 bridgehead atoms. The van der Waals surface area contributed by atoms with Gasteiger partial charge in [-0.1, -0.05) is 12.1 Å². The van der Waals surface area contributed by atoms with E-state index in [1.54, 1.807) is 12.4 Å². The van der Waals surface area contributed by atoms with Gasteiger partial charge in [-0.15, -0.1) is 0 Å². The number of aromatic nitrogens is 4. The summed E-state index contributed by atoms with van der Waals surface area (Å²) in [6, 6.07) is 9.87. The molecule has 8 heteroatoms. The smallest absolute Gasteiger partial charge is 0.225 e. The molecule has 2 aromatic heterocycles. The summed E-state index contributed by atoms with van der Waals surface area (Å²) >= 11 is 0. The van der Waals surface area contributed by atoms with Crippen molar-refractivity contribution in [2.75, 3.05) is 49.5 Å². The van der Waals surface area contributed by atoms with Gasteiger partial charge in [0.25, 0.3) is 0 Å².